The number of aliphatic hydroxyl groups is 2. The summed E-state index contributed by atoms with van der Waals surface area (Å²) in [6, 6.07) is 0. The van der Waals surface area contributed by atoms with Crippen molar-refractivity contribution in [2.24, 2.45) is 21.9 Å². The topological polar surface area (TPSA) is 158 Å². The van der Waals surface area contributed by atoms with Gasteiger partial charge in [0, 0.05) is 13.2 Å². The molecule has 2 rings (SSSR count). The van der Waals surface area contributed by atoms with Crippen LogP contribution in [0.2, 0.25) is 0 Å². The molecule has 0 saturated carbocycles. The van der Waals surface area contributed by atoms with E-state index in [0.29, 0.717) is 0 Å². The Morgan fingerprint density at radius 2 is 1.27 bits per heavy atom. The molecule has 12 heteroatoms. The summed E-state index contributed by atoms with van der Waals surface area (Å²) < 4.78 is 0. The average molecular weight is 348 g/mol. The lowest BCUT2D eigenvalue weighted by molar-refractivity contribution is -0.127. The van der Waals surface area contributed by atoms with Crippen molar-refractivity contribution in [3.63, 3.8) is 0 Å². The van der Waals surface area contributed by atoms with Crippen LogP contribution in [0.4, 0.5) is 0 Å². The Balaban J connectivity index is 2.10. The molecule has 2 amide bonds. The molecule has 0 aromatic heterocycles. The van der Waals surface area contributed by atoms with Gasteiger partial charge in [-0.05, 0) is 12.8 Å². The molecule has 6 N–H and O–H groups in total. The zero-order valence-electron chi connectivity index (χ0n) is 11.5. The molecule has 2 unspecified atom stereocenters. The number of nitrogens with two attached hydrogens (primary N) is 2. The van der Waals surface area contributed by atoms with Gasteiger partial charge in [-0.2, -0.15) is 0 Å². The predicted molar refractivity (Wildman–Crippen MR) is 83.1 cm³/mol. The molecule has 0 aliphatic carbocycles. The van der Waals surface area contributed by atoms with Crippen molar-refractivity contribution in [3.05, 3.63) is 0 Å². The first-order chi connectivity index (χ1) is 10.5. The van der Waals surface area contributed by atoms with Gasteiger partial charge < -0.3 is 10.2 Å². The second-order valence-corrected chi connectivity index (χ2v) is 6.76. The number of amidine groups is 2. The zero-order valence-corrected chi connectivity index (χ0v) is 13.1. The number of amides is 2. The Bertz CT molecular complexity index is 482. The Kier molecular flexibility index (Phi) is 5.77. The summed E-state index contributed by atoms with van der Waals surface area (Å²) in [5.74, 6) is 10.5. The number of rotatable bonds is 5. The highest BCUT2D eigenvalue weighted by Crippen LogP contribution is 2.29. The minimum Gasteiger partial charge on any atom is -0.396 e. The van der Waals surface area contributed by atoms with Crippen LogP contribution in [0.15, 0.2) is 10.2 Å². The number of hydrogen-bond acceptors (Lipinski definition) is 10. The van der Waals surface area contributed by atoms with E-state index >= 15 is 0 Å². The van der Waals surface area contributed by atoms with Crippen LogP contribution < -0.4 is 11.7 Å². The fourth-order valence-electron chi connectivity index (χ4n) is 1.80. The van der Waals surface area contributed by atoms with Gasteiger partial charge in [-0.15, -0.1) is 10.2 Å². The van der Waals surface area contributed by atoms with Gasteiger partial charge in [-0.1, -0.05) is 23.5 Å². The number of aliphatic hydroxyl groups excluding tert-OH is 2. The molecule has 2 atom stereocenters. The van der Waals surface area contributed by atoms with E-state index in [2.05, 4.69) is 10.2 Å². The molecule has 10 nitrogen and oxygen atoms in total. The van der Waals surface area contributed by atoms with Crippen LogP contribution >= 0.6 is 23.5 Å². The molecule has 2 saturated heterocycles. The normalized spacial score (nSPS) is 29.5. The van der Waals surface area contributed by atoms with E-state index < -0.39 is 10.5 Å². The van der Waals surface area contributed by atoms with Crippen molar-refractivity contribution in [2.45, 2.75) is 23.3 Å². The quantitative estimate of drug-likeness (QED) is 0.253. The first-order valence-corrected chi connectivity index (χ1v) is 8.13. The third-order valence-corrected chi connectivity index (χ3v) is 5.36. The van der Waals surface area contributed by atoms with Gasteiger partial charge >= 0.3 is 0 Å². The monoisotopic (exact) mass is 348 g/mol. The maximum Gasteiger partial charge on any atom is 0.256 e. The molecule has 2 aliphatic rings. The van der Waals surface area contributed by atoms with Crippen molar-refractivity contribution >= 4 is 45.7 Å². The Hall–Kier alpha value is -1.18. The first-order valence-electron chi connectivity index (χ1n) is 6.37. The van der Waals surface area contributed by atoms with E-state index in [0.717, 1.165) is 33.5 Å². The van der Waals surface area contributed by atoms with Crippen LogP contribution in [-0.4, -0.2) is 66.1 Å². The van der Waals surface area contributed by atoms with Gasteiger partial charge in [-0.25, -0.2) is 21.7 Å². The van der Waals surface area contributed by atoms with Gasteiger partial charge in [0.25, 0.3) is 11.8 Å². The fraction of sp³-hybridized carbons (Fsp3) is 0.600. The Morgan fingerprint density at radius 3 is 1.59 bits per heavy atom. The zero-order chi connectivity index (χ0) is 16.3. The van der Waals surface area contributed by atoms with Gasteiger partial charge in [0.05, 0.1) is 10.5 Å². The van der Waals surface area contributed by atoms with Crippen molar-refractivity contribution in [2.75, 3.05) is 13.2 Å². The standard InChI is InChI=1S/C10H16N6O4S2/c11-15-7(19)5(1-3-17)21-9(15)13-14-10-16(12)8(20)6(22-10)2-4-18/h5-6,17-18H,1-4,11-12H2. The van der Waals surface area contributed by atoms with Crippen molar-refractivity contribution in [3.8, 4) is 0 Å². The molecule has 2 heterocycles. The molecule has 122 valence electrons. The summed E-state index contributed by atoms with van der Waals surface area (Å²) in [4.78, 5) is 23.5. The van der Waals surface area contributed by atoms with Gasteiger partial charge in [-0.3, -0.25) is 9.59 Å². The summed E-state index contributed by atoms with van der Waals surface area (Å²) >= 11 is 2.18. The number of nitrogens with zero attached hydrogens (tertiary/aromatic N) is 4. The second kappa shape index (κ2) is 7.39. The lowest BCUT2D eigenvalue weighted by Gasteiger charge is -2.07. The van der Waals surface area contributed by atoms with Gasteiger partial charge in [0.1, 0.15) is 0 Å². The fourth-order valence-corrected chi connectivity index (χ4v) is 3.76. The van der Waals surface area contributed by atoms with E-state index in [1.165, 1.54) is 0 Å². The molecule has 22 heavy (non-hydrogen) atoms. The third kappa shape index (κ3) is 3.42. The minimum absolute atomic E-state index is 0.136. The van der Waals surface area contributed by atoms with Crippen molar-refractivity contribution in [1.29, 1.82) is 0 Å². The van der Waals surface area contributed by atoms with E-state index in [1.807, 2.05) is 0 Å². The van der Waals surface area contributed by atoms with E-state index in [4.69, 9.17) is 21.9 Å². The predicted octanol–water partition coefficient (Wildman–Crippen LogP) is -1.99. The van der Waals surface area contributed by atoms with Crippen LogP contribution in [0.3, 0.4) is 0 Å². The molecule has 0 aromatic rings. The van der Waals surface area contributed by atoms with Crippen LogP contribution in [-0.2, 0) is 9.59 Å². The molecule has 0 aromatic carbocycles. The maximum atomic E-state index is 11.8. The van der Waals surface area contributed by atoms with Crippen LogP contribution in [0, 0.1) is 0 Å². The molecular weight excluding hydrogens is 332 g/mol. The number of hydrazine groups is 2. The molecular formula is C10H16N6O4S2. The first kappa shape index (κ1) is 17.2. The summed E-state index contributed by atoms with van der Waals surface area (Å²) in [6.07, 6.45) is 0.531. The van der Waals surface area contributed by atoms with E-state index in [9.17, 15) is 9.59 Å². The molecule has 0 spiro atoms. The smallest absolute Gasteiger partial charge is 0.256 e. The summed E-state index contributed by atoms with van der Waals surface area (Å²) in [7, 11) is 0. The highest BCUT2D eigenvalue weighted by atomic mass is 32.2. The largest absolute Gasteiger partial charge is 0.396 e. The highest BCUT2D eigenvalue weighted by molar-refractivity contribution is 8.16. The minimum atomic E-state index is -0.497. The van der Waals surface area contributed by atoms with Gasteiger partial charge in [0.15, 0.2) is 0 Å². The van der Waals surface area contributed by atoms with Gasteiger partial charge in [0.2, 0.25) is 10.3 Å². The van der Waals surface area contributed by atoms with Crippen molar-refractivity contribution in [1.82, 2.24) is 10.0 Å². The summed E-state index contributed by atoms with van der Waals surface area (Å²) in [6.45, 7) is -0.272. The maximum absolute atomic E-state index is 11.8. The Morgan fingerprint density at radius 1 is 0.909 bits per heavy atom. The number of carbonyl (C=O) groups excluding carboxylic acids is 2. The molecule has 0 radical (unpaired) electrons. The van der Waals surface area contributed by atoms with Crippen molar-refractivity contribution < 1.29 is 19.8 Å². The molecule has 2 aliphatic heterocycles. The van der Waals surface area contributed by atoms with E-state index in [-0.39, 0.29) is 48.2 Å². The highest BCUT2D eigenvalue weighted by Gasteiger charge is 2.38. The van der Waals surface area contributed by atoms with E-state index in [1.54, 1.807) is 0 Å². The van der Waals surface area contributed by atoms with Crippen LogP contribution in [0.5, 0.6) is 0 Å². The van der Waals surface area contributed by atoms with Crippen LogP contribution in [0.1, 0.15) is 12.8 Å². The van der Waals surface area contributed by atoms with Crippen LogP contribution in [0.25, 0.3) is 0 Å². The lowest BCUT2D eigenvalue weighted by atomic mass is 10.3. The summed E-state index contributed by atoms with van der Waals surface area (Å²) in [5, 5.41) is 26.6. The SMILES string of the molecule is NN1C(=O)C(CCO)SC1=NN=C1SC(CCO)C(=O)N1N. The average Bonchev–Trinajstić information content (AvgIpc) is 2.91. The number of carbonyl (C=O) groups is 2. The summed E-state index contributed by atoms with van der Waals surface area (Å²) in [5.41, 5.74) is 0. The third-order valence-electron chi connectivity index (χ3n) is 2.94. The molecule has 0 bridgehead atoms. The Labute approximate surface area is 134 Å². The molecule has 2 fully saturated rings. The second-order valence-electron chi connectivity index (χ2n) is 4.42. The lowest BCUT2D eigenvalue weighted by Crippen LogP contribution is -2.39. The number of thioether (sulfide) groups is 2. The number of hydrogen-bond donors (Lipinski definition) is 4.